The standard InChI is InChI=1S/C63H99N3O15/c1-45(27-19-15-11-10-12-16-20-28-46(2)62(80)81)61(79)48(4)59(77)37-22-18-14-9-7-5-6-8-13-17-21-36-58(76)47(3)60(78)44-57(75)43-54(72)34-25-33-53(71)42-56(74)41-52(70)32-24-31-50(68)39-49(67)29-23-30-51(69)40-55(73)35-26-38-66-63(64)65/h5-10,12-14,16-25,27-29,32,34,37,45,47-59,61,67-77,79H,11,15,26,30-31,33,35-36,38-44H2,1-4H3,(H,80,81)(H4,64,65,66). The maximum atomic E-state index is 12.8. The third kappa shape index (κ3) is 43.0. The number of allylic oxidation sites excluding steroid dienone is 16. The van der Waals surface area contributed by atoms with E-state index in [9.17, 15) is 70.9 Å². The van der Waals surface area contributed by atoms with Crippen molar-refractivity contribution in [3.05, 3.63) is 157 Å². The topological polar surface area (TPSA) is 362 Å². The molecule has 0 aromatic carbocycles. The van der Waals surface area contributed by atoms with Crippen molar-refractivity contribution in [1.29, 1.82) is 0 Å². The van der Waals surface area contributed by atoms with E-state index >= 15 is 0 Å². The number of carboxylic acid groups (broad SMARTS) is 1. The van der Waals surface area contributed by atoms with Crippen molar-refractivity contribution in [3.63, 3.8) is 0 Å². The first-order valence-electron chi connectivity index (χ1n) is 28.1. The predicted octanol–water partition coefficient (Wildman–Crippen LogP) is 5.23. The van der Waals surface area contributed by atoms with Crippen LogP contribution in [0.5, 0.6) is 0 Å². The SMILES string of the molecule is CC(=CC=CC=CCCC=CC(C)C(O)C(C)C(O)C=CC=CC=CC=CC=CC=CCC(O)C(C)C(=O)CC(O)CC(O)C=CCC(O)CC(O)CC(O)C=CCC(O)CC(O)C=CCC(O)CC(O)CCCN=C(N)N)C(=O)O. The molecule has 0 radical (unpaired) electrons. The molecular weight excluding hydrogens is 1040 g/mol. The molecule has 81 heavy (non-hydrogen) atoms. The zero-order valence-electron chi connectivity index (χ0n) is 47.9. The van der Waals surface area contributed by atoms with E-state index in [-0.39, 0.29) is 93.4 Å². The van der Waals surface area contributed by atoms with Crippen LogP contribution in [0.25, 0.3) is 0 Å². The summed E-state index contributed by atoms with van der Waals surface area (Å²) in [7, 11) is 0. The second-order valence-corrected chi connectivity index (χ2v) is 20.5. The number of nitrogens with two attached hydrogens (primary N) is 2. The van der Waals surface area contributed by atoms with Gasteiger partial charge in [-0.15, -0.1) is 0 Å². The van der Waals surface area contributed by atoms with E-state index in [1.165, 1.54) is 43.4 Å². The fourth-order valence-electron chi connectivity index (χ4n) is 7.81. The highest BCUT2D eigenvalue weighted by molar-refractivity contribution is 5.86. The minimum Gasteiger partial charge on any atom is -0.478 e. The first kappa shape index (κ1) is 75.5. The van der Waals surface area contributed by atoms with E-state index in [4.69, 9.17) is 16.6 Å². The summed E-state index contributed by atoms with van der Waals surface area (Å²) in [6, 6.07) is 0. The number of rotatable bonds is 45. The quantitative estimate of drug-likeness (QED) is 0.00926. The van der Waals surface area contributed by atoms with Crippen LogP contribution in [0, 0.1) is 17.8 Å². The molecule has 18 heteroatoms. The number of aliphatic carboxylic acids is 1. The predicted molar refractivity (Wildman–Crippen MR) is 321 cm³/mol. The van der Waals surface area contributed by atoms with Gasteiger partial charge in [-0.05, 0) is 71.1 Å². The number of Topliss-reactive ketones (excluding diaryl/α,β-unsaturated/α-hetero) is 1. The molecule has 0 aromatic heterocycles. The number of carbonyl (C=O) groups excluding carboxylic acids is 1. The van der Waals surface area contributed by atoms with Crippen LogP contribution in [0.3, 0.4) is 0 Å². The fourth-order valence-corrected chi connectivity index (χ4v) is 7.81. The van der Waals surface area contributed by atoms with Gasteiger partial charge in [-0.3, -0.25) is 9.79 Å². The van der Waals surface area contributed by atoms with E-state index in [1.807, 2.05) is 55.5 Å². The number of hydrogen-bond acceptors (Lipinski definition) is 15. The van der Waals surface area contributed by atoms with Gasteiger partial charge in [-0.25, -0.2) is 4.79 Å². The minimum atomic E-state index is -1.17. The smallest absolute Gasteiger partial charge is 0.331 e. The van der Waals surface area contributed by atoms with Crippen molar-refractivity contribution >= 4 is 17.7 Å². The Morgan fingerprint density at radius 1 is 0.481 bits per heavy atom. The van der Waals surface area contributed by atoms with Crippen molar-refractivity contribution in [2.45, 2.75) is 191 Å². The Morgan fingerprint density at radius 3 is 1.48 bits per heavy atom. The Labute approximate surface area is 481 Å². The number of guanidine groups is 1. The maximum Gasteiger partial charge on any atom is 0.331 e. The Kier molecular flexibility index (Phi) is 43.9. The Morgan fingerprint density at radius 2 is 0.938 bits per heavy atom. The van der Waals surface area contributed by atoms with Gasteiger partial charge in [-0.2, -0.15) is 0 Å². The van der Waals surface area contributed by atoms with Crippen LogP contribution in [0.2, 0.25) is 0 Å². The van der Waals surface area contributed by atoms with Gasteiger partial charge in [0.2, 0.25) is 0 Å². The molecule has 0 aliphatic rings. The molecule has 0 aliphatic heterocycles. The Balaban J connectivity index is 4.48. The molecule has 15 unspecified atom stereocenters. The van der Waals surface area contributed by atoms with Gasteiger partial charge in [0.25, 0.3) is 0 Å². The second-order valence-electron chi connectivity index (χ2n) is 20.5. The van der Waals surface area contributed by atoms with Gasteiger partial charge in [0, 0.05) is 55.6 Å². The molecule has 0 amide bonds. The molecule has 0 saturated carbocycles. The molecule has 0 heterocycles. The van der Waals surface area contributed by atoms with Gasteiger partial charge >= 0.3 is 5.97 Å². The lowest BCUT2D eigenvalue weighted by Gasteiger charge is -2.25. The van der Waals surface area contributed by atoms with Crippen molar-refractivity contribution in [2.75, 3.05) is 6.54 Å². The first-order chi connectivity index (χ1) is 38.4. The van der Waals surface area contributed by atoms with Crippen LogP contribution in [0.1, 0.15) is 118 Å². The third-order valence-corrected chi connectivity index (χ3v) is 12.9. The van der Waals surface area contributed by atoms with E-state index < -0.39 is 85.1 Å². The summed E-state index contributed by atoms with van der Waals surface area (Å²) in [6.07, 6.45) is 34.1. The van der Waals surface area contributed by atoms with Crippen LogP contribution < -0.4 is 11.5 Å². The van der Waals surface area contributed by atoms with E-state index in [0.717, 1.165) is 12.8 Å². The van der Waals surface area contributed by atoms with Crippen LogP contribution in [0.4, 0.5) is 0 Å². The third-order valence-electron chi connectivity index (χ3n) is 12.9. The number of nitrogens with zero attached hydrogens (tertiary/aromatic N) is 1. The van der Waals surface area contributed by atoms with Crippen molar-refractivity contribution in [2.24, 2.45) is 34.2 Å². The highest BCUT2D eigenvalue weighted by atomic mass is 16.4. The van der Waals surface area contributed by atoms with Crippen LogP contribution in [-0.4, -0.2) is 164 Å². The summed E-state index contributed by atoms with van der Waals surface area (Å²) >= 11 is 0. The molecule has 0 saturated heterocycles. The Hall–Kier alpha value is -5.45. The van der Waals surface area contributed by atoms with Crippen LogP contribution >= 0.6 is 0 Å². The monoisotopic (exact) mass is 1140 g/mol. The zero-order chi connectivity index (χ0) is 61.0. The summed E-state index contributed by atoms with van der Waals surface area (Å²) in [5, 5.41) is 133. The van der Waals surface area contributed by atoms with Gasteiger partial charge < -0.3 is 77.9 Å². The summed E-state index contributed by atoms with van der Waals surface area (Å²) in [5.74, 6) is -2.64. The largest absolute Gasteiger partial charge is 0.478 e. The van der Waals surface area contributed by atoms with E-state index in [0.29, 0.717) is 19.4 Å². The molecule has 17 N–H and O–H groups in total. The minimum absolute atomic E-state index is 0.00371. The van der Waals surface area contributed by atoms with E-state index in [2.05, 4.69) is 4.99 Å². The summed E-state index contributed by atoms with van der Waals surface area (Å²) in [5.41, 5.74) is 10.8. The summed E-state index contributed by atoms with van der Waals surface area (Å²) < 4.78 is 0. The molecule has 0 fully saturated rings. The van der Waals surface area contributed by atoms with E-state index in [1.54, 1.807) is 80.7 Å². The highest BCUT2D eigenvalue weighted by Crippen LogP contribution is 2.20. The number of aliphatic hydroxyl groups is 12. The lowest BCUT2D eigenvalue weighted by Crippen LogP contribution is -2.32. The molecule has 0 aliphatic carbocycles. The number of ketones is 1. The van der Waals surface area contributed by atoms with Crippen LogP contribution in [0.15, 0.2) is 162 Å². The van der Waals surface area contributed by atoms with Gasteiger partial charge in [0.05, 0.1) is 73.2 Å². The molecule has 0 bridgehead atoms. The number of unbranched alkanes of at least 4 members (excludes halogenated alkanes) is 1. The van der Waals surface area contributed by atoms with Gasteiger partial charge in [-0.1, -0.05) is 173 Å². The molecule has 0 spiro atoms. The summed E-state index contributed by atoms with van der Waals surface area (Å²) in [4.78, 5) is 27.4. The molecule has 0 rings (SSSR count). The Bertz CT molecular complexity index is 2140. The lowest BCUT2D eigenvalue weighted by atomic mass is 9.88. The maximum absolute atomic E-state index is 12.8. The average molecular weight is 1140 g/mol. The normalized spacial score (nSPS) is 19.1. The fraction of sp³-hybridized carbons (Fsp3) is 0.540. The average Bonchev–Trinajstić information content (AvgIpc) is 3.39. The summed E-state index contributed by atoms with van der Waals surface area (Å²) in [6.45, 7) is 7.19. The molecular formula is C63H99N3O15. The lowest BCUT2D eigenvalue weighted by molar-refractivity contribution is -0.132. The number of hydrogen-bond donors (Lipinski definition) is 15. The molecule has 15 atom stereocenters. The van der Waals surface area contributed by atoms with Crippen molar-refractivity contribution < 1.29 is 76.0 Å². The number of aliphatic imine (C=N–C) groups is 1. The second kappa shape index (κ2) is 47.1. The first-order valence-corrected chi connectivity index (χ1v) is 28.1. The van der Waals surface area contributed by atoms with Crippen molar-refractivity contribution in [1.82, 2.24) is 0 Å². The molecule has 456 valence electrons. The van der Waals surface area contributed by atoms with Gasteiger partial charge in [0.15, 0.2) is 5.96 Å². The zero-order valence-corrected chi connectivity index (χ0v) is 47.9. The van der Waals surface area contributed by atoms with Crippen molar-refractivity contribution in [3.8, 4) is 0 Å². The van der Waals surface area contributed by atoms with Gasteiger partial charge in [0.1, 0.15) is 5.78 Å². The number of aliphatic hydroxyl groups excluding tert-OH is 12. The molecule has 0 aromatic rings. The highest BCUT2D eigenvalue weighted by Gasteiger charge is 2.25. The van der Waals surface area contributed by atoms with Crippen LogP contribution in [-0.2, 0) is 9.59 Å². The molecule has 18 nitrogen and oxygen atoms in total. The number of carbonyl (C=O) groups is 2. The number of carboxylic acids is 1.